The molecule has 1 aliphatic rings. The molecule has 5 heteroatoms. The maximum atomic E-state index is 13.1. The van der Waals surface area contributed by atoms with E-state index in [0.29, 0.717) is 17.2 Å². The number of hydrogen-bond acceptors (Lipinski definition) is 4. The van der Waals surface area contributed by atoms with E-state index < -0.39 is 11.6 Å². The van der Waals surface area contributed by atoms with Crippen molar-refractivity contribution in [3.05, 3.63) is 76.5 Å². The molecule has 0 spiro atoms. The Labute approximate surface area is 187 Å². The second kappa shape index (κ2) is 8.23. The Morgan fingerprint density at radius 3 is 2.38 bits per heavy atom. The maximum absolute atomic E-state index is 13.1. The molecule has 1 saturated carbocycles. The van der Waals surface area contributed by atoms with Gasteiger partial charge < -0.3 is 9.84 Å². The predicted molar refractivity (Wildman–Crippen MR) is 125 cm³/mol. The number of hydrogen-bond donors (Lipinski definition) is 1. The van der Waals surface area contributed by atoms with Crippen molar-refractivity contribution >= 4 is 28.7 Å². The van der Waals surface area contributed by atoms with Crippen LogP contribution in [0.4, 0.5) is 0 Å². The van der Waals surface area contributed by atoms with E-state index in [1.54, 1.807) is 12.2 Å². The summed E-state index contributed by atoms with van der Waals surface area (Å²) in [4.78, 5) is 29.3. The number of allylic oxidation sites excluding steroid dienone is 1. The van der Waals surface area contributed by atoms with Gasteiger partial charge in [-0.2, -0.15) is 0 Å². The van der Waals surface area contributed by atoms with E-state index in [9.17, 15) is 14.7 Å². The van der Waals surface area contributed by atoms with Crippen LogP contribution in [-0.4, -0.2) is 27.4 Å². The monoisotopic (exact) mass is 429 g/mol. The van der Waals surface area contributed by atoms with Crippen LogP contribution in [0.5, 0.6) is 5.75 Å². The Kier molecular flexibility index (Phi) is 5.59. The summed E-state index contributed by atoms with van der Waals surface area (Å²) in [6.45, 7) is 6.79. The first-order chi connectivity index (χ1) is 15.2. The third-order valence-corrected chi connectivity index (χ3v) is 5.77. The molecule has 0 amide bonds. The number of carboxylic acids is 1. The van der Waals surface area contributed by atoms with Crippen molar-refractivity contribution in [2.24, 2.45) is 0 Å². The summed E-state index contributed by atoms with van der Waals surface area (Å²) in [5, 5.41) is 10.3. The number of ketones is 1. The van der Waals surface area contributed by atoms with Crippen LogP contribution in [-0.2, 0) is 4.79 Å². The molecule has 1 aromatic heterocycles. The van der Waals surface area contributed by atoms with Crippen molar-refractivity contribution < 1.29 is 19.4 Å². The average Bonchev–Trinajstić information content (AvgIpc) is 3.59. The van der Waals surface area contributed by atoms with Gasteiger partial charge in [-0.15, -0.1) is 0 Å². The van der Waals surface area contributed by atoms with Crippen molar-refractivity contribution in [3.8, 4) is 5.75 Å². The topological polar surface area (TPSA) is 76.5 Å². The van der Waals surface area contributed by atoms with Crippen LogP contribution < -0.4 is 4.74 Å². The SMILES string of the molecule is Cc1cc(/C=C/C(=O)c2cc3ccccc3nc2C2CC2)cc(C)c1OC(C)(C)C(=O)O. The predicted octanol–water partition coefficient (Wildman–Crippen LogP) is 5.87. The molecule has 4 rings (SSSR count). The van der Waals surface area contributed by atoms with Crippen LogP contribution >= 0.6 is 0 Å². The highest BCUT2D eigenvalue weighted by molar-refractivity contribution is 6.09. The third kappa shape index (κ3) is 4.42. The fourth-order valence-electron chi connectivity index (χ4n) is 3.80. The van der Waals surface area contributed by atoms with Gasteiger partial charge in [-0.25, -0.2) is 4.79 Å². The van der Waals surface area contributed by atoms with E-state index in [0.717, 1.165) is 46.1 Å². The second-order valence-corrected chi connectivity index (χ2v) is 8.99. The van der Waals surface area contributed by atoms with Gasteiger partial charge in [-0.3, -0.25) is 9.78 Å². The normalized spacial score (nSPS) is 14.1. The minimum atomic E-state index is -1.33. The lowest BCUT2D eigenvalue weighted by molar-refractivity contribution is -0.152. The van der Waals surface area contributed by atoms with Gasteiger partial charge in [0.15, 0.2) is 11.4 Å². The minimum Gasteiger partial charge on any atom is -0.478 e. The molecule has 1 heterocycles. The van der Waals surface area contributed by atoms with Crippen molar-refractivity contribution in [3.63, 3.8) is 0 Å². The Hall–Kier alpha value is -3.47. The number of pyridine rings is 1. The Balaban J connectivity index is 1.62. The minimum absolute atomic E-state index is 0.0622. The van der Waals surface area contributed by atoms with Crippen molar-refractivity contribution in [1.82, 2.24) is 4.98 Å². The van der Waals surface area contributed by atoms with E-state index in [-0.39, 0.29) is 5.78 Å². The molecular weight excluding hydrogens is 402 g/mol. The lowest BCUT2D eigenvalue weighted by Crippen LogP contribution is -2.38. The van der Waals surface area contributed by atoms with Crippen LogP contribution in [0.3, 0.4) is 0 Å². The highest BCUT2D eigenvalue weighted by Crippen LogP contribution is 2.41. The highest BCUT2D eigenvalue weighted by atomic mass is 16.5. The smallest absolute Gasteiger partial charge is 0.347 e. The number of rotatable bonds is 7. The number of ether oxygens (including phenoxy) is 1. The molecule has 0 saturated heterocycles. The molecule has 0 atom stereocenters. The number of fused-ring (bicyclic) bond motifs is 1. The molecule has 2 aromatic carbocycles. The summed E-state index contributed by atoms with van der Waals surface area (Å²) >= 11 is 0. The number of aryl methyl sites for hydroxylation is 2. The van der Waals surface area contributed by atoms with Gasteiger partial charge in [0.2, 0.25) is 0 Å². The molecule has 5 nitrogen and oxygen atoms in total. The summed E-state index contributed by atoms with van der Waals surface area (Å²) < 4.78 is 5.77. The van der Waals surface area contributed by atoms with Gasteiger partial charge >= 0.3 is 5.97 Å². The van der Waals surface area contributed by atoms with Crippen LogP contribution in [0, 0.1) is 13.8 Å². The molecular formula is C27H27NO4. The lowest BCUT2D eigenvalue weighted by Gasteiger charge is -2.24. The van der Waals surface area contributed by atoms with Crippen LogP contribution in [0.2, 0.25) is 0 Å². The molecule has 0 unspecified atom stereocenters. The fourth-order valence-corrected chi connectivity index (χ4v) is 3.80. The van der Waals surface area contributed by atoms with Gasteiger partial charge in [0.25, 0.3) is 0 Å². The summed E-state index contributed by atoms with van der Waals surface area (Å²) in [6.07, 6.45) is 5.53. The Bertz CT molecular complexity index is 1230. The quantitative estimate of drug-likeness (QED) is 0.376. The molecule has 0 radical (unpaired) electrons. The number of benzene rings is 2. The number of para-hydroxylation sites is 1. The molecule has 1 N–H and O–H groups in total. The number of carbonyl (C=O) groups excluding carboxylic acids is 1. The molecule has 1 fully saturated rings. The highest BCUT2D eigenvalue weighted by Gasteiger charge is 2.31. The van der Waals surface area contributed by atoms with Gasteiger partial charge in [-0.05, 0) is 87.6 Å². The van der Waals surface area contributed by atoms with Crippen LogP contribution in [0.1, 0.15) is 65.3 Å². The zero-order chi connectivity index (χ0) is 23.0. The Morgan fingerprint density at radius 2 is 1.75 bits per heavy atom. The summed E-state index contributed by atoms with van der Waals surface area (Å²) in [7, 11) is 0. The summed E-state index contributed by atoms with van der Waals surface area (Å²) in [5.41, 5.74) is 3.64. The van der Waals surface area contributed by atoms with Crippen molar-refractivity contribution in [2.75, 3.05) is 0 Å². The second-order valence-electron chi connectivity index (χ2n) is 8.99. The standard InChI is InChI=1S/C27H27NO4/c1-16-13-18(14-17(2)25(16)32-27(3,4)26(30)31)9-12-23(29)21-15-20-7-5-6-8-22(20)28-24(21)19-10-11-19/h5-9,12-15,19H,10-11H2,1-4H3,(H,30,31)/b12-9+. The van der Waals surface area contributed by atoms with Gasteiger partial charge in [0.1, 0.15) is 5.75 Å². The summed E-state index contributed by atoms with van der Waals surface area (Å²) in [6, 6.07) is 13.6. The first kappa shape index (κ1) is 21.8. The van der Waals surface area contributed by atoms with Crippen molar-refractivity contribution in [1.29, 1.82) is 0 Å². The molecule has 164 valence electrons. The average molecular weight is 430 g/mol. The first-order valence-corrected chi connectivity index (χ1v) is 10.8. The lowest BCUT2D eigenvalue weighted by atomic mass is 10.0. The van der Waals surface area contributed by atoms with Crippen molar-refractivity contribution in [2.45, 2.75) is 52.1 Å². The zero-order valence-corrected chi connectivity index (χ0v) is 18.8. The van der Waals surface area contributed by atoms with Crippen LogP contribution in [0.25, 0.3) is 17.0 Å². The van der Waals surface area contributed by atoms with E-state index >= 15 is 0 Å². The number of carbonyl (C=O) groups is 2. The van der Waals surface area contributed by atoms with E-state index in [1.807, 2.05) is 56.3 Å². The number of aliphatic carboxylic acids is 1. The summed E-state index contributed by atoms with van der Waals surface area (Å²) in [5.74, 6) is -0.171. The first-order valence-electron chi connectivity index (χ1n) is 10.8. The Morgan fingerprint density at radius 1 is 1.09 bits per heavy atom. The molecule has 0 aliphatic heterocycles. The van der Waals surface area contributed by atoms with Gasteiger partial charge in [-0.1, -0.05) is 24.3 Å². The van der Waals surface area contributed by atoms with E-state index in [2.05, 4.69) is 0 Å². The molecule has 3 aromatic rings. The zero-order valence-electron chi connectivity index (χ0n) is 18.8. The largest absolute Gasteiger partial charge is 0.478 e. The molecule has 0 bridgehead atoms. The van der Waals surface area contributed by atoms with Gasteiger partial charge in [0.05, 0.1) is 11.2 Å². The number of nitrogens with zero attached hydrogens (tertiary/aromatic N) is 1. The fraction of sp³-hybridized carbons (Fsp3) is 0.296. The maximum Gasteiger partial charge on any atom is 0.347 e. The van der Waals surface area contributed by atoms with E-state index in [4.69, 9.17) is 9.72 Å². The number of carboxylic acid groups (broad SMARTS) is 1. The molecule has 1 aliphatic carbocycles. The third-order valence-electron chi connectivity index (χ3n) is 5.77. The van der Waals surface area contributed by atoms with E-state index in [1.165, 1.54) is 13.8 Å². The van der Waals surface area contributed by atoms with Crippen LogP contribution in [0.15, 0.2) is 48.5 Å². The number of aromatic nitrogens is 1. The van der Waals surface area contributed by atoms with Gasteiger partial charge in [0, 0.05) is 16.9 Å². The molecule has 32 heavy (non-hydrogen) atoms.